The van der Waals surface area contributed by atoms with Gasteiger partial charge < -0.3 is 5.32 Å². The molecular weight excluding hydrogens is 254 g/mol. The second kappa shape index (κ2) is 4.92. The Kier molecular flexibility index (Phi) is 3.57. The summed E-state index contributed by atoms with van der Waals surface area (Å²) in [5, 5.41) is 3.38. The number of aromatic nitrogens is 2. The third-order valence-corrected chi connectivity index (χ3v) is 3.61. The standard InChI is InChI=1S/C11H16BrN3/c1-8-2-3-9(4-8)5-14-11-10(12)6-13-7-15-11/h6-9H,2-5H2,1H3,(H,13,14,15). The Balaban J connectivity index is 1.86. The van der Waals surface area contributed by atoms with E-state index in [1.807, 2.05) is 0 Å². The molecule has 1 fully saturated rings. The molecule has 82 valence electrons. The van der Waals surface area contributed by atoms with E-state index in [0.717, 1.165) is 28.7 Å². The van der Waals surface area contributed by atoms with Gasteiger partial charge in [-0.1, -0.05) is 13.3 Å². The molecule has 0 amide bonds. The van der Waals surface area contributed by atoms with Crippen molar-refractivity contribution in [3.05, 3.63) is 17.0 Å². The molecule has 4 heteroatoms. The Morgan fingerprint density at radius 2 is 2.40 bits per heavy atom. The first-order chi connectivity index (χ1) is 7.25. The van der Waals surface area contributed by atoms with Crippen molar-refractivity contribution in [3.63, 3.8) is 0 Å². The number of rotatable bonds is 3. The summed E-state index contributed by atoms with van der Waals surface area (Å²) < 4.78 is 0.941. The minimum absolute atomic E-state index is 0.807. The zero-order chi connectivity index (χ0) is 10.7. The van der Waals surface area contributed by atoms with Gasteiger partial charge in [-0.3, -0.25) is 0 Å². The van der Waals surface area contributed by atoms with Gasteiger partial charge in [0.1, 0.15) is 12.1 Å². The van der Waals surface area contributed by atoms with Gasteiger partial charge >= 0.3 is 0 Å². The van der Waals surface area contributed by atoms with Gasteiger partial charge in [0.25, 0.3) is 0 Å². The molecular formula is C11H16BrN3. The van der Waals surface area contributed by atoms with Crippen LogP contribution in [-0.4, -0.2) is 16.5 Å². The van der Waals surface area contributed by atoms with E-state index in [0.29, 0.717) is 0 Å². The van der Waals surface area contributed by atoms with Gasteiger partial charge in [0.05, 0.1) is 4.47 Å². The van der Waals surface area contributed by atoms with Crippen LogP contribution in [0.5, 0.6) is 0 Å². The summed E-state index contributed by atoms with van der Waals surface area (Å²) in [4.78, 5) is 8.13. The van der Waals surface area contributed by atoms with E-state index in [2.05, 4.69) is 38.1 Å². The van der Waals surface area contributed by atoms with E-state index in [-0.39, 0.29) is 0 Å². The number of hydrogen-bond acceptors (Lipinski definition) is 3. The SMILES string of the molecule is CC1CCC(CNc2ncncc2Br)C1. The monoisotopic (exact) mass is 269 g/mol. The van der Waals surface area contributed by atoms with Crippen LogP contribution in [0.3, 0.4) is 0 Å². The number of anilines is 1. The van der Waals surface area contributed by atoms with E-state index in [1.165, 1.54) is 19.3 Å². The highest BCUT2D eigenvalue weighted by molar-refractivity contribution is 9.10. The lowest BCUT2D eigenvalue weighted by molar-refractivity contribution is 0.536. The molecule has 0 spiro atoms. The average molecular weight is 270 g/mol. The van der Waals surface area contributed by atoms with Gasteiger partial charge in [-0.25, -0.2) is 9.97 Å². The number of hydrogen-bond donors (Lipinski definition) is 1. The van der Waals surface area contributed by atoms with Crippen molar-refractivity contribution in [3.8, 4) is 0 Å². The van der Waals surface area contributed by atoms with Crippen molar-refractivity contribution >= 4 is 21.7 Å². The normalized spacial score (nSPS) is 25.5. The molecule has 1 aliphatic rings. The molecule has 0 aromatic carbocycles. The molecule has 0 bridgehead atoms. The minimum atomic E-state index is 0.807. The summed E-state index contributed by atoms with van der Waals surface area (Å²) in [6.45, 7) is 3.36. The van der Waals surface area contributed by atoms with E-state index in [9.17, 15) is 0 Å². The van der Waals surface area contributed by atoms with Crippen LogP contribution in [0.15, 0.2) is 17.0 Å². The first kappa shape index (κ1) is 10.9. The summed E-state index contributed by atoms with van der Waals surface area (Å²) >= 11 is 3.43. The summed E-state index contributed by atoms with van der Waals surface area (Å²) in [6.07, 6.45) is 7.40. The quantitative estimate of drug-likeness (QED) is 0.917. The number of halogens is 1. The molecule has 3 nitrogen and oxygen atoms in total. The van der Waals surface area contributed by atoms with E-state index in [1.54, 1.807) is 12.5 Å². The van der Waals surface area contributed by atoms with Crippen molar-refractivity contribution in [2.24, 2.45) is 11.8 Å². The van der Waals surface area contributed by atoms with Gasteiger partial charge in [-0.15, -0.1) is 0 Å². The van der Waals surface area contributed by atoms with Crippen molar-refractivity contribution in [1.29, 1.82) is 0 Å². The van der Waals surface area contributed by atoms with Gasteiger partial charge in [-0.2, -0.15) is 0 Å². The molecule has 1 aliphatic carbocycles. The Hall–Kier alpha value is -0.640. The Morgan fingerprint density at radius 1 is 1.53 bits per heavy atom. The molecule has 1 saturated carbocycles. The minimum Gasteiger partial charge on any atom is -0.369 e. The van der Waals surface area contributed by atoms with Crippen LogP contribution in [-0.2, 0) is 0 Å². The number of nitrogens with zero attached hydrogens (tertiary/aromatic N) is 2. The third-order valence-electron chi connectivity index (χ3n) is 3.03. The molecule has 2 atom stereocenters. The lowest BCUT2D eigenvalue weighted by Gasteiger charge is -2.12. The lowest BCUT2D eigenvalue weighted by atomic mass is 10.1. The zero-order valence-corrected chi connectivity index (χ0v) is 10.5. The molecule has 0 saturated heterocycles. The maximum atomic E-state index is 4.19. The summed E-state index contributed by atoms with van der Waals surface area (Å²) in [5.74, 6) is 2.61. The van der Waals surface area contributed by atoms with E-state index in [4.69, 9.17) is 0 Å². The fourth-order valence-electron chi connectivity index (χ4n) is 2.19. The lowest BCUT2D eigenvalue weighted by Crippen LogP contribution is -2.12. The molecule has 0 radical (unpaired) electrons. The van der Waals surface area contributed by atoms with Crippen molar-refractivity contribution in [1.82, 2.24) is 9.97 Å². The second-order valence-corrected chi connectivity index (χ2v) is 5.24. The highest BCUT2D eigenvalue weighted by Crippen LogP contribution is 2.30. The van der Waals surface area contributed by atoms with Crippen LogP contribution in [0.4, 0.5) is 5.82 Å². The third kappa shape index (κ3) is 2.91. The van der Waals surface area contributed by atoms with Gasteiger partial charge in [0.2, 0.25) is 0 Å². The van der Waals surface area contributed by atoms with Crippen LogP contribution < -0.4 is 5.32 Å². The Morgan fingerprint density at radius 3 is 3.07 bits per heavy atom. The summed E-state index contributed by atoms with van der Waals surface area (Å²) in [5.41, 5.74) is 0. The molecule has 1 aromatic heterocycles. The highest BCUT2D eigenvalue weighted by atomic mass is 79.9. The van der Waals surface area contributed by atoms with Crippen LogP contribution >= 0.6 is 15.9 Å². The fourth-order valence-corrected chi connectivity index (χ4v) is 2.55. The molecule has 0 aliphatic heterocycles. The van der Waals surface area contributed by atoms with Crippen molar-refractivity contribution in [2.75, 3.05) is 11.9 Å². The highest BCUT2D eigenvalue weighted by Gasteiger charge is 2.21. The summed E-state index contributed by atoms with van der Waals surface area (Å²) in [6, 6.07) is 0. The van der Waals surface area contributed by atoms with Gasteiger partial charge in [-0.05, 0) is 40.6 Å². The van der Waals surface area contributed by atoms with E-state index >= 15 is 0 Å². The molecule has 15 heavy (non-hydrogen) atoms. The largest absolute Gasteiger partial charge is 0.369 e. The van der Waals surface area contributed by atoms with Crippen molar-refractivity contribution in [2.45, 2.75) is 26.2 Å². The molecule has 1 aromatic rings. The zero-order valence-electron chi connectivity index (χ0n) is 8.91. The topological polar surface area (TPSA) is 37.8 Å². The molecule has 2 unspecified atom stereocenters. The maximum Gasteiger partial charge on any atom is 0.143 e. The van der Waals surface area contributed by atoms with Crippen LogP contribution in [0.25, 0.3) is 0 Å². The first-order valence-electron chi connectivity index (χ1n) is 5.45. The maximum absolute atomic E-state index is 4.19. The predicted octanol–water partition coefficient (Wildman–Crippen LogP) is 3.09. The van der Waals surface area contributed by atoms with Gasteiger partial charge in [0.15, 0.2) is 0 Å². The fraction of sp³-hybridized carbons (Fsp3) is 0.636. The smallest absolute Gasteiger partial charge is 0.143 e. The Bertz CT molecular complexity index is 329. The van der Waals surface area contributed by atoms with Gasteiger partial charge in [0, 0.05) is 12.7 Å². The number of nitrogens with one attached hydrogen (secondary N) is 1. The summed E-state index contributed by atoms with van der Waals surface area (Å²) in [7, 11) is 0. The molecule has 1 N–H and O–H groups in total. The van der Waals surface area contributed by atoms with Crippen molar-refractivity contribution < 1.29 is 0 Å². The Labute approximate surface area is 98.8 Å². The van der Waals surface area contributed by atoms with E-state index < -0.39 is 0 Å². The molecule has 2 rings (SSSR count). The first-order valence-corrected chi connectivity index (χ1v) is 6.24. The predicted molar refractivity (Wildman–Crippen MR) is 64.7 cm³/mol. The van der Waals surface area contributed by atoms with Crippen LogP contribution in [0, 0.1) is 11.8 Å². The second-order valence-electron chi connectivity index (χ2n) is 4.38. The average Bonchev–Trinajstić information content (AvgIpc) is 2.63. The van der Waals surface area contributed by atoms with Crippen LogP contribution in [0.1, 0.15) is 26.2 Å². The van der Waals surface area contributed by atoms with Crippen LogP contribution in [0.2, 0.25) is 0 Å². The molecule has 1 heterocycles.